The van der Waals surface area contributed by atoms with Crippen LogP contribution < -0.4 is 4.90 Å². The molecular formula is C20H22Cl2FN3OS. The molecule has 1 aromatic heterocycles. The quantitative estimate of drug-likeness (QED) is 0.485. The van der Waals surface area contributed by atoms with Crippen molar-refractivity contribution in [2.24, 2.45) is 0 Å². The van der Waals surface area contributed by atoms with E-state index in [0.717, 1.165) is 13.1 Å². The van der Waals surface area contributed by atoms with Gasteiger partial charge in [0, 0.05) is 13.1 Å². The minimum Gasteiger partial charge on any atom is -0.302 e. The van der Waals surface area contributed by atoms with E-state index < -0.39 is 0 Å². The van der Waals surface area contributed by atoms with Crippen LogP contribution in [0.15, 0.2) is 42.5 Å². The molecule has 8 heteroatoms. The Kier molecular flexibility index (Phi) is 8.19. The van der Waals surface area contributed by atoms with E-state index in [1.807, 2.05) is 0 Å². The summed E-state index contributed by atoms with van der Waals surface area (Å²) in [5.41, 5.74) is 1.11. The van der Waals surface area contributed by atoms with Gasteiger partial charge in [-0.15, -0.1) is 12.4 Å². The first-order chi connectivity index (χ1) is 13.0. The maximum absolute atomic E-state index is 13.5. The van der Waals surface area contributed by atoms with Gasteiger partial charge in [0.25, 0.3) is 5.91 Å². The van der Waals surface area contributed by atoms with Gasteiger partial charge in [-0.05, 0) is 43.4 Å². The highest BCUT2D eigenvalue weighted by molar-refractivity contribution is 7.22. The maximum Gasteiger partial charge on any atom is 0.261 e. The molecule has 0 aliphatic rings. The van der Waals surface area contributed by atoms with Crippen LogP contribution in [0.2, 0.25) is 5.02 Å². The number of hydrogen-bond acceptors (Lipinski definition) is 4. The van der Waals surface area contributed by atoms with Crippen LogP contribution in [0.5, 0.6) is 0 Å². The van der Waals surface area contributed by atoms with E-state index in [1.165, 1.54) is 23.5 Å². The van der Waals surface area contributed by atoms with E-state index in [1.54, 1.807) is 35.2 Å². The second-order valence-electron chi connectivity index (χ2n) is 6.07. The number of carbonyl (C=O) groups is 1. The van der Waals surface area contributed by atoms with Crippen molar-refractivity contribution in [3.63, 3.8) is 0 Å². The summed E-state index contributed by atoms with van der Waals surface area (Å²) in [5.74, 6) is -0.517. The number of rotatable bonds is 7. The van der Waals surface area contributed by atoms with Gasteiger partial charge in [-0.25, -0.2) is 9.37 Å². The molecule has 1 heterocycles. The number of carbonyl (C=O) groups excluding carboxylic acids is 1. The van der Waals surface area contributed by atoms with Crippen LogP contribution in [-0.4, -0.2) is 42.0 Å². The zero-order valence-corrected chi connectivity index (χ0v) is 18.1. The molecule has 0 spiro atoms. The van der Waals surface area contributed by atoms with Crippen LogP contribution >= 0.6 is 35.3 Å². The minimum absolute atomic E-state index is 0. The van der Waals surface area contributed by atoms with Crippen molar-refractivity contribution in [2.75, 3.05) is 31.1 Å². The van der Waals surface area contributed by atoms with Crippen LogP contribution in [0.4, 0.5) is 9.52 Å². The summed E-state index contributed by atoms with van der Waals surface area (Å²) in [4.78, 5) is 21.6. The molecule has 0 unspecified atom stereocenters. The SMILES string of the molecule is CCN(CC)CCN(C(=O)c1ccccc1Cl)c1nc2ccc(F)cc2s1.Cl. The van der Waals surface area contributed by atoms with Gasteiger partial charge < -0.3 is 4.90 Å². The Bertz CT molecular complexity index is 946. The summed E-state index contributed by atoms with van der Waals surface area (Å²) in [5, 5.41) is 0.954. The average molecular weight is 442 g/mol. The highest BCUT2D eigenvalue weighted by atomic mass is 35.5. The van der Waals surface area contributed by atoms with Crippen molar-refractivity contribution < 1.29 is 9.18 Å². The smallest absolute Gasteiger partial charge is 0.261 e. The molecule has 3 aromatic rings. The lowest BCUT2D eigenvalue weighted by Gasteiger charge is -2.25. The van der Waals surface area contributed by atoms with E-state index in [2.05, 4.69) is 23.7 Å². The first-order valence-corrected chi connectivity index (χ1v) is 10.1. The number of aromatic nitrogens is 1. The first-order valence-electron chi connectivity index (χ1n) is 8.88. The third kappa shape index (κ3) is 5.00. The Morgan fingerprint density at radius 2 is 1.86 bits per heavy atom. The zero-order chi connectivity index (χ0) is 19.4. The number of likely N-dealkylation sites (N-methyl/N-ethyl adjacent to an activating group) is 1. The average Bonchev–Trinajstić information content (AvgIpc) is 3.08. The van der Waals surface area contributed by atoms with Gasteiger partial charge >= 0.3 is 0 Å². The summed E-state index contributed by atoms with van der Waals surface area (Å²) in [7, 11) is 0. The Hall–Kier alpha value is -1.73. The normalized spacial score (nSPS) is 10.9. The van der Waals surface area contributed by atoms with Crippen LogP contribution in [-0.2, 0) is 0 Å². The number of nitrogens with zero attached hydrogens (tertiary/aromatic N) is 3. The Balaban J connectivity index is 0.00000280. The molecule has 0 saturated heterocycles. The molecule has 2 aromatic carbocycles. The standard InChI is InChI=1S/C20H21ClFN3OS.ClH/c1-3-24(4-2)11-12-25(19(26)15-7-5-6-8-16(15)21)20-23-17-10-9-14(22)13-18(17)27-20;/h5-10,13H,3-4,11-12H2,1-2H3;1H. The molecule has 4 nitrogen and oxygen atoms in total. The number of halogens is 3. The van der Waals surface area contributed by atoms with Crippen molar-refractivity contribution in [2.45, 2.75) is 13.8 Å². The monoisotopic (exact) mass is 441 g/mol. The molecule has 28 heavy (non-hydrogen) atoms. The lowest BCUT2D eigenvalue weighted by molar-refractivity contribution is 0.0984. The lowest BCUT2D eigenvalue weighted by Crippen LogP contribution is -2.39. The highest BCUT2D eigenvalue weighted by Gasteiger charge is 2.23. The zero-order valence-electron chi connectivity index (χ0n) is 15.7. The summed E-state index contributed by atoms with van der Waals surface area (Å²) in [6.45, 7) is 7.17. The third-order valence-corrected chi connectivity index (χ3v) is 5.82. The fourth-order valence-corrected chi connectivity index (χ4v) is 4.08. The second-order valence-corrected chi connectivity index (χ2v) is 7.49. The van der Waals surface area contributed by atoms with E-state index in [0.29, 0.717) is 39.0 Å². The van der Waals surface area contributed by atoms with E-state index in [9.17, 15) is 9.18 Å². The fraction of sp³-hybridized carbons (Fsp3) is 0.300. The molecule has 3 rings (SSSR count). The summed E-state index contributed by atoms with van der Waals surface area (Å²) >= 11 is 7.55. The molecule has 1 amide bonds. The van der Waals surface area contributed by atoms with Crippen LogP contribution in [0, 0.1) is 5.82 Å². The van der Waals surface area contributed by atoms with Crippen molar-refractivity contribution in [3.8, 4) is 0 Å². The predicted octanol–water partition coefficient (Wildman–Crippen LogP) is 5.50. The number of hydrogen-bond donors (Lipinski definition) is 0. The van der Waals surface area contributed by atoms with Gasteiger partial charge in [-0.3, -0.25) is 9.69 Å². The molecule has 0 atom stereocenters. The number of fused-ring (bicyclic) bond motifs is 1. The largest absolute Gasteiger partial charge is 0.302 e. The Morgan fingerprint density at radius 3 is 2.54 bits per heavy atom. The fourth-order valence-electron chi connectivity index (χ4n) is 2.85. The topological polar surface area (TPSA) is 36.4 Å². The molecule has 0 aliphatic carbocycles. The van der Waals surface area contributed by atoms with Gasteiger partial charge in [0.2, 0.25) is 0 Å². The van der Waals surface area contributed by atoms with Crippen molar-refractivity contribution in [1.82, 2.24) is 9.88 Å². The molecule has 0 aliphatic heterocycles. The Labute approximate surface area is 179 Å². The van der Waals surface area contributed by atoms with Gasteiger partial charge in [-0.1, -0.05) is 48.9 Å². The van der Waals surface area contributed by atoms with Crippen molar-refractivity contribution in [1.29, 1.82) is 0 Å². The van der Waals surface area contributed by atoms with E-state index in [4.69, 9.17) is 11.6 Å². The number of anilines is 1. The van der Waals surface area contributed by atoms with Crippen molar-refractivity contribution in [3.05, 3.63) is 58.9 Å². The number of amides is 1. The second kappa shape index (κ2) is 10.2. The van der Waals surface area contributed by atoms with Crippen LogP contribution in [0.25, 0.3) is 10.2 Å². The molecule has 0 bridgehead atoms. The molecular weight excluding hydrogens is 420 g/mol. The molecule has 0 N–H and O–H groups in total. The van der Waals surface area contributed by atoms with Crippen LogP contribution in [0.1, 0.15) is 24.2 Å². The molecule has 150 valence electrons. The highest BCUT2D eigenvalue weighted by Crippen LogP contribution is 2.31. The van der Waals surface area contributed by atoms with Gasteiger partial charge in [0.15, 0.2) is 5.13 Å². The third-order valence-electron chi connectivity index (χ3n) is 4.45. The first kappa shape index (κ1) is 22.6. The molecule has 0 fully saturated rings. The van der Waals surface area contributed by atoms with E-state index in [-0.39, 0.29) is 24.1 Å². The van der Waals surface area contributed by atoms with Gasteiger partial charge in [0.1, 0.15) is 5.82 Å². The summed E-state index contributed by atoms with van der Waals surface area (Å²) in [6, 6.07) is 11.4. The maximum atomic E-state index is 13.5. The lowest BCUT2D eigenvalue weighted by atomic mass is 10.2. The predicted molar refractivity (Wildman–Crippen MR) is 118 cm³/mol. The molecule has 0 saturated carbocycles. The Morgan fingerprint density at radius 1 is 1.14 bits per heavy atom. The minimum atomic E-state index is -0.315. The van der Waals surface area contributed by atoms with E-state index >= 15 is 0 Å². The molecule has 0 radical (unpaired) electrons. The van der Waals surface area contributed by atoms with Gasteiger partial charge in [0.05, 0.1) is 20.8 Å². The van der Waals surface area contributed by atoms with Crippen molar-refractivity contribution >= 4 is 56.6 Å². The summed E-state index contributed by atoms with van der Waals surface area (Å²) in [6.07, 6.45) is 0. The number of thiazole rings is 1. The van der Waals surface area contributed by atoms with Gasteiger partial charge in [-0.2, -0.15) is 0 Å². The summed E-state index contributed by atoms with van der Waals surface area (Å²) < 4.78 is 14.3. The van der Waals surface area contributed by atoms with Crippen LogP contribution in [0.3, 0.4) is 0 Å². The number of benzene rings is 2.